The van der Waals surface area contributed by atoms with Gasteiger partial charge in [0.25, 0.3) is 5.17 Å². The molecule has 2 amide bonds. The molecule has 1 unspecified atom stereocenters. The first-order valence-electron chi connectivity index (χ1n) is 8.89. The second kappa shape index (κ2) is 7.61. The lowest BCUT2D eigenvalue weighted by Crippen LogP contribution is -2.45. The topological polar surface area (TPSA) is 59.1 Å². The molecule has 0 aromatic heterocycles. The highest BCUT2D eigenvalue weighted by Gasteiger charge is 2.42. The van der Waals surface area contributed by atoms with Crippen LogP contribution in [0.3, 0.4) is 0 Å². The van der Waals surface area contributed by atoms with E-state index in [4.69, 9.17) is 21.7 Å². The van der Waals surface area contributed by atoms with Crippen LogP contribution in [0.25, 0.3) is 0 Å². The van der Waals surface area contributed by atoms with Crippen molar-refractivity contribution in [3.8, 4) is 0 Å². The molecule has 7 heteroatoms. The average Bonchev–Trinajstić information content (AvgIpc) is 3.18. The monoisotopic (exact) mass is 376 g/mol. The SMILES string of the molecule is CC(C)[C@H]1COC(=O)N1C(=O)CC(C)N1C(=S)OC[C@H]1c1ccccc1. The van der Waals surface area contributed by atoms with E-state index >= 15 is 0 Å². The molecule has 3 rings (SSSR count). The lowest BCUT2D eigenvalue weighted by molar-refractivity contribution is -0.130. The third-order valence-electron chi connectivity index (χ3n) is 4.98. The zero-order chi connectivity index (χ0) is 18.8. The average molecular weight is 376 g/mol. The maximum Gasteiger partial charge on any atom is 0.416 e. The van der Waals surface area contributed by atoms with Crippen molar-refractivity contribution in [1.82, 2.24) is 9.80 Å². The number of hydrogen-bond donors (Lipinski definition) is 0. The highest BCUT2D eigenvalue weighted by molar-refractivity contribution is 7.80. The molecule has 2 fully saturated rings. The van der Waals surface area contributed by atoms with Gasteiger partial charge in [-0.25, -0.2) is 9.69 Å². The van der Waals surface area contributed by atoms with Crippen molar-refractivity contribution < 1.29 is 19.1 Å². The lowest BCUT2D eigenvalue weighted by Gasteiger charge is -2.31. The van der Waals surface area contributed by atoms with E-state index in [2.05, 4.69) is 0 Å². The molecule has 6 nitrogen and oxygen atoms in total. The molecule has 0 saturated carbocycles. The number of cyclic esters (lactones) is 1. The summed E-state index contributed by atoms with van der Waals surface area (Å²) < 4.78 is 10.7. The van der Waals surface area contributed by atoms with E-state index in [-0.39, 0.29) is 43.0 Å². The Balaban J connectivity index is 1.73. The molecular weight excluding hydrogens is 352 g/mol. The van der Waals surface area contributed by atoms with Crippen LogP contribution in [0.1, 0.15) is 38.8 Å². The number of ether oxygens (including phenoxy) is 2. The van der Waals surface area contributed by atoms with Gasteiger partial charge in [0.2, 0.25) is 5.91 Å². The van der Waals surface area contributed by atoms with Gasteiger partial charge >= 0.3 is 6.09 Å². The molecule has 0 bridgehead atoms. The summed E-state index contributed by atoms with van der Waals surface area (Å²) in [5.41, 5.74) is 1.09. The zero-order valence-electron chi connectivity index (χ0n) is 15.3. The molecule has 0 spiro atoms. The van der Waals surface area contributed by atoms with Crippen molar-refractivity contribution in [1.29, 1.82) is 0 Å². The first kappa shape index (κ1) is 18.6. The normalized spacial score (nSPS) is 24.0. The number of carbonyl (C=O) groups excluding carboxylic acids is 2. The van der Waals surface area contributed by atoms with Crippen molar-refractivity contribution in [2.24, 2.45) is 5.92 Å². The Morgan fingerprint density at radius 2 is 1.88 bits per heavy atom. The van der Waals surface area contributed by atoms with E-state index in [0.717, 1.165) is 5.56 Å². The fourth-order valence-electron chi connectivity index (χ4n) is 3.51. The second-order valence-electron chi connectivity index (χ2n) is 7.12. The van der Waals surface area contributed by atoms with E-state index < -0.39 is 6.09 Å². The maximum absolute atomic E-state index is 12.8. The Labute approximate surface area is 159 Å². The van der Waals surface area contributed by atoms with Gasteiger partial charge in [0.05, 0.1) is 12.1 Å². The number of hydrogen-bond acceptors (Lipinski definition) is 5. The Bertz CT molecular complexity index is 694. The van der Waals surface area contributed by atoms with Gasteiger partial charge in [-0.1, -0.05) is 44.2 Å². The van der Waals surface area contributed by atoms with Gasteiger partial charge in [0, 0.05) is 12.5 Å². The Morgan fingerprint density at radius 3 is 2.54 bits per heavy atom. The summed E-state index contributed by atoms with van der Waals surface area (Å²) in [4.78, 5) is 28.0. The van der Waals surface area contributed by atoms with Crippen LogP contribution in [0.4, 0.5) is 4.79 Å². The summed E-state index contributed by atoms with van der Waals surface area (Å²) in [5, 5.41) is 0.392. The van der Waals surface area contributed by atoms with Gasteiger partial charge in [-0.05, 0) is 30.6 Å². The van der Waals surface area contributed by atoms with Crippen LogP contribution in [0.15, 0.2) is 30.3 Å². The van der Waals surface area contributed by atoms with Crippen molar-refractivity contribution in [3.63, 3.8) is 0 Å². The molecule has 0 aliphatic carbocycles. The second-order valence-corrected chi connectivity index (χ2v) is 7.47. The Morgan fingerprint density at radius 1 is 1.19 bits per heavy atom. The van der Waals surface area contributed by atoms with Gasteiger partial charge in [-0.3, -0.25) is 4.79 Å². The highest BCUT2D eigenvalue weighted by atomic mass is 32.1. The summed E-state index contributed by atoms with van der Waals surface area (Å²) in [5.74, 6) is -0.0887. The Kier molecular flexibility index (Phi) is 5.46. The van der Waals surface area contributed by atoms with Crippen LogP contribution in [-0.4, -0.2) is 52.3 Å². The van der Waals surface area contributed by atoms with E-state index in [1.165, 1.54) is 4.90 Å². The van der Waals surface area contributed by atoms with Crippen molar-refractivity contribution in [3.05, 3.63) is 35.9 Å². The molecule has 3 atom stereocenters. The number of benzene rings is 1. The standard InChI is InChI=1S/C19H24N2O4S/c1-12(2)15-10-24-18(23)21(15)17(22)9-13(3)20-16(11-25-19(20)26)14-7-5-4-6-8-14/h4-8,12-13,15-16H,9-11H2,1-3H3/t13?,15-,16+/m1/s1. The van der Waals surface area contributed by atoms with Crippen molar-refractivity contribution in [2.45, 2.75) is 45.3 Å². The summed E-state index contributed by atoms with van der Waals surface area (Å²) >= 11 is 5.36. The number of rotatable bonds is 5. The Hall–Kier alpha value is -2.15. The summed E-state index contributed by atoms with van der Waals surface area (Å²) in [6, 6.07) is 9.51. The fraction of sp³-hybridized carbons (Fsp3) is 0.526. The number of nitrogens with zero attached hydrogens (tertiary/aromatic N) is 2. The highest BCUT2D eigenvalue weighted by Crippen LogP contribution is 2.31. The summed E-state index contributed by atoms with van der Waals surface area (Å²) in [6.07, 6.45) is -0.383. The minimum atomic E-state index is -0.555. The number of carbonyl (C=O) groups is 2. The summed E-state index contributed by atoms with van der Waals surface area (Å²) in [7, 11) is 0. The third kappa shape index (κ3) is 3.53. The molecule has 140 valence electrons. The molecular formula is C19H24N2O4S. The van der Waals surface area contributed by atoms with Crippen LogP contribution in [0.5, 0.6) is 0 Å². The van der Waals surface area contributed by atoms with Crippen LogP contribution in [-0.2, 0) is 14.3 Å². The molecule has 1 aromatic rings. The number of thiocarbonyl (C=S) groups is 1. The van der Waals surface area contributed by atoms with Crippen molar-refractivity contribution in [2.75, 3.05) is 13.2 Å². The molecule has 0 N–H and O–H groups in total. The van der Waals surface area contributed by atoms with Crippen LogP contribution in [0, 0.1) is 5.92 Å². The van der Waals surface area contributed by atoms with E-state index in [1.54, 1.807) is 0 Å². The molecule has 2 heterocycles. The van der Waals surface area contributed by atoms with Gasteiger partial charge in [-0.2, -0.15) is 0 Å². The smallest absolute Gasteiger partial charge is 0.416 e. The van der Waals surface area contributed by atoms with Gasteiger partial charge in [0.15, 0.2) is 0 Å². The van der Waals surface area contributed by atoms with Gasteiger partial charge in [0.1, 0.15) is 13.2 Å². The minimum Gasteiger partial charge on any atom is -0.468 e. The molecule has 2 aliphatic rings. The van der Waals surface area contributed by atoms with Crippen molar-refractivity contribution >= 4 is 29.4 Å². The quantitative estimate of drug-likeness (QED) is 0.736. The van der Waals surface area contributed by atoms with Gasteiger partial charge in [-0.15, -0.1) is 0 Å². The molecule has 0 radical (unpaired) electrons. The largest absolute Gasteiger partial charge is 0.468 e. The zero-order valence-corrected chi connectivity index (χ0v) is 16.1. The molecule has 26 heavy (non-hydrogen) atoms. The third-order valence-corrected chi connectivity index (χ3v) is 5.31. The predicted molar refractivity (Wildman–Crippen MR) is 100 cm³/mol. The summed E-state index contributed by atoms with van der Waals surface area (Å²) in [6.45, 7) is 6.60. The molecule has 1 aromatic carbocycles. The predicted octanol–water partition coefficient (Wildman–Crippen LogP) is 3.13. The van der Waals surface area contributed by atoms with Crippen LogP contribution >= 0.6 is 12.2 Å². The first-order chi connectivity index (χ1) is 12.4. The number of amides is 2. The first-order valence-corrected chi connectivity index (χ1v) is 9.29. The van der Waals surface area contributed by atoms with E-state index in [0.29, 0.717) is 11.8 Å². The minimum absolute atomic E-state index is 0.0297. The van der Waals surface area contributed by atoms with E-state index in [1.807, 2.05) is 56.0 Å². The van der Waals surface area contributed by atoms with Gasteiger partial charge < -0.3 is 14.4 Å². The molecule has 2 aliphatic heterocycles. The van der Waals surface area contributed by atoms with Crippen LogP contribution in [0.2, 0.25) is 0 Å². The number of imide groups is 1. The molecule has 2 saturated heterocycles. The van der Waals surface area contributed by atoms with E-state index in [9.17, 15) is 9.59 Å². The fourth-order valence-corrected chi connectivity index (χ4v) is 3.89. The van der Waals surface area contributed by atoms with Crippen LogP contribution < -0.4 is 0 Å². The maximum atomic E-state index is 12.8. The lowest BCUT2D eigenvalue weighted by atomic mass is 10.0.